The number of hydrogen-bond donors (Lipinski definition) is 1. The molecule has 0 bridgehead atoms. The van der Waals surface area contributed by atoms with E-state index in [4.69, 9.17) is 31.4 Å². The van der Waals surface area contributed by atoms with Gasteiger partial charge in [-0.1, -0.05) is 54.2 Å². The Morgan fingerprint density at radius 3 is 2.00 bits per heavy atom. The number of carbonyl (C=O) groups excluding carboxylic acids is 2. The second kappa shape index (κ2) is 14.3. The predicted molar refractivity (Wildman–Crippen MR) is 181 cm³/mol. The Bertz CT molecular complexity index is 1840. The van der Waals surface area contributed by atoms with Gasteiger partial charge in [0.1, 0.15) is 30.0 Å². The van der Waals surface area contributed by atoms with Gasteiger partial charge in [0, 0.05) is 11.3 Å². The zero-order valence-corrected chi connectivity index (χ0v) is 28.4. The fraction of sp³-hybridized carbons (Fsp3) is 0.353. The van der Waals surface area contributed by atoms with Gasteiger partial charge in [0.25, 0.3) is 0 Å². The van der Waals surface area contributed by atoms with E-state index in [2.05, 4.69) is 4.98 Å². The molecule has 0 radical (unpaired) electrons. The Morgan fingerprint density at radius 2 is 1.36 bits per heavy atom. The van der Waals surface area contributed by atoms with E-state index in [0.717, 1.165) is 38.5 Å². The van der Waals surface area contributed by atoms with Crippen LogP contribution in [0.5, 0.6) is 5.75 Å². The number of ether oxygens (including phenoxy) is 3. The molecule has 0 saturated heterocycles. The quantitative estimate of drug-likeness (QED) is 0.104. The smallest absolute Gasteiger partial charge is 0.326 e. The first kappa shape index (κ1) is 33.8. The summed E-state index contributed by atoms with van der Waals surface area (Å²) in [7, 11) is 1.67. The Labute approximate surface area is 272 Å². The number of aromatic amines is 1. The van der Waals surface area contributed by atoms with Gasteiger partial charge in [-0.15, -0.1) is 0 Å². The Kier molecular flexibility index (Phi) is 10.8. The summed E-state index contributed by atoms with van der Waals surface area (Å²) in [6, 6.07) is 23.4. The highest BCUT2D eigenvalue weighted by molar-refractivity contribution is 7.98. The molecule has 238 valence electrons. The van der Waals surface area contributed by atoms with Gasteiger partial charge in [-0.05, 0) is 84.1 Å². The number of thioether (sulfide) groups is 1. The molecule has 0 saturated carbocycles. The zero-order chi connectivity index (χ0) is 32.8. The molecule has 0 spiro atoms. The maximum Gasteiger partial charge on any atom is 0.326 e. The van der Waals surface area contributed by atoms with Gasteiger partial charge in [-0.2, -0.15) is 0 Å². The molecule has 0 aliphatic rings. The van der Waals surface area contributed by atoms with Crippen LogP contribution in [-0.4, -0.2) is 49.4 Å². The average Bonchev–Trinajstić information content (AvgIpc) is 3.46. The summed E-state index contributed by atoms with van der Waals surface area (Å²) in [6.45, 7) is 11.4. The van der Waals surface area contributed by atoms with Crippen molar-refractivity contribution < 1.29 is 23.8 Å². The van der Waals surface area contributed by atoms with Crippen LogP contribution in [0.4, 0.5) is 0 Å². The van der Waals surface area contributed by atoms with Gasteiger partial charge in [-0.25, -0.2) is 4.98 Å². The molecule has 11 heteroatoms. The number of carbonyl (C=O) groups is 2. The summed E-state index contributed by atoms with van der Waals surface area (Å²) >= 11 is 6.79. The summed E-state index contributed by atoms with van der Waals surface area (Å²) in [6.07, 6.45) is 0. The van der Waals surface area contributed by atoms with Crippen molar-refractivity contribution in [2.24, 2.45) is 0 Å². The molecule has 0 aliphatic heterocycles. The molecule has 45 heavy (non-hydrogen) atoms. The van der Waals surface area contributed by atoms with Crippen molar-refractivity contribution in [3.8, 4) is 5.75 Å². The van der Waals surface area contributed by atoms with Crippen LogP contribution in [-0.2, 0) is 37.9 Å². The maximum atomic E-state index is 12.4. The molecule has 0 aliphatic carbocycles. The Balaban J connectivity index is 0.000000222. The maximum absolute atomic E-state index is 12.4. The lowest BCUT2D eigenvalue weighted by Crippen LogP contribution is -2.26. The van der Waals surface area contributed by atoms with E-state index in [1.165, 1.54) is 0 Å². The van der Waals surface area contributed by atoms with E-state index in [1.54, 1.807) is 23.4 Å². The topological polar surface area (TPSA) is 100 Å². The van der Waals surface area contributed by atoms with Crippen molar-refractivity contribution >= 4 is 58.0 Å². The molecule has 9 nitrogen and oxygen atoms in total. The van der Waals surface area contributed by atoms with Crippen LogP contribution >= 0.6 is 24.0 Å². The van der Waals surface area contributed by atoms with E-state index in [-0.39, 0.29) is 25.0 Å². The van der Waals surface area contributed by atoms with Crippen LogP contribution < -0.4 is 4.74 Å². The first-order valence-corrected chi connectivity index (χ1v) is 15.9. The SMILES string of the molecule is CC(C)(C)OC(=O)Cn1c(=S)[nH]c2ccccc21.COc1ccccc1CSc1nc2ccccc2n1CC(=O)OC(C)(C)C. The summed E-state index contributed by atoms with van der Waals surface area (Å²) < 4.78 is 20.4. The number of methoxy groups -OCH3 is 1. The van der Waals surface area contributed by atoms with Crippen molar-refractivity contribution in [2.45, 2.75) is 76.7 Å². The molecule has 5 rings (SSSR count). The number of benzene rings is 3. The highest BCUT2D eigenvalue weighted by Crippen LogP contribution is 2.30. The fourth-order valence-electron chi connectivity index (χ4n) is 4.55. The van der Waals surface area contributed by atoms with Crippen molar-refractivity contribution in [2.75, 3.05) is 7.11 Å². The third-order valence-corrected chi connectivity index (χ3v) is 7.61. The molecular formula is C34H40N4O5S2. The van der Waals surface area contributed by atoms with Gasteiger partial charge in [0.05, 0.1) is 29.2 Å². The summed E-state index contributed by atoms with van der Waals surface area (Å²) in [5.41, 5.74) is 3.71. The first-order chi connectivity index (χ1) is 21.2. The summed E-state index contributed by atoms with van der Waals surface area (Å²) in [4.78, 5) is 32.0. The van der Waals surface area contributed by atoms with Gasteiger partial charge < -0.3 is 28.3 Å². The van der Waals surface area contributed by atoms with Crippen LogP contribution in [0, 0.1) is 4.77 Å². The largest absolute Gasteiger partial charge is 0.496 e. The van der Waals surface area contributed by atoms with Crippen LogP contribution in [0.2, 0.25) is 0 Å². The third-order valence-electron chi connectivity index (χ3n) is 6.26. The number of aromatic nitrogens is 4. The monoisotopic (exact) mass is 648 g/mol. The number of imidazole rings is 2. The molecule has 1 N–H and O–H groups in total. The lowest BCUT2D eigenvalue weighted by Gasteiger charge is -2.20. The lowest BCUT2D eigenvalue weighted by atomic mass is 10.2. The van der Waals surface area contributed by atoms with E-state index >= 15 is 0 Å². The average molecular weight is 649 g/mol. The molecule has 0 amide bonds. The lowest BCUT2D eigenvalue weighted by molar-refractivity contribution is -0.156. The second-order valence-corrected chi connectivity index (χ2v) is 13.6. The minimum atomic E-state index is -0.516. The number of H-pyrrole nitrogens is 1. The predicted octanol–water partition coefficient (Wildman–Crippen LogP) is 7.72. The van der Waals surface area contributed by atoms with E-state index in [9.17, 15) is 9.59 Å². The normalized spacial score (nSPS) is 11.6. The van der Waals surface area contributed by atoms with Crippen LogP contribution in [0.1, 0.15) is 47.1 Å². The van der Waals surface area contributed by atoms with Crippen molar-refractivity contribution in [3.63, 3.8) is 0 Å². The van der Waals surface area contributed by atoms with E-state index in [1.807, 2.05) is 119 Å². The van der Waals surface area contributed by atoms with Gasteiger partial charge >= 0.3 is 11.9 Å². The third kappa shape index (κ3) is 9.45. The zero-order valence-electron chi connectivity index (χ0n) is 26.7. The second-order valence-electron chi connectivity index (χ2n) is 12.3. The minimum Gasteiger partial charge on any atom is -0.496 e. The van der Waals surface area contributed by atoms with Crippen molar-refractivity contribution in [3.05, 3.63) is 83.1 Å². The van der Waals surface area contributed by atoms with Gasteiger partial charge in [0.15, 0.2) is 9.93 Å². The number of para-hydroxylation sites is 5. The van der Waals surface area contributed by atoms with Crippen molar-refractivity contribution in [1.82, 2.24) is 19.1 Å². The van der Waals surface area contributed by atoms with Crippen LogP contribution in [0.3, 0.4) is 0 Å². The summed E-state index contributed by atoms with van der Waals surface area (Å²) in [5.74, 6) is 0.981. The molecule has 2 heterocycles. The fourth-order valence-corrected chi connectivity index (χ4v) is 5.83. The number of rotatable bonds is 8. The van der Waals surface area contributed by atoms with Gasteiger partial charge in [0.2, 0.25) is 0 Å². The molecular weight excluding hydrogens is 609 g/mol. The van der Waals surface area contributed by atoms with Crippen LogP contribution in [0.25, 0.3) is 22.1 Å². The number of nitrogens with one attached hydrogen (secondary N) is 1. The van der Waals surface area contributed by atoms with Crippen LogP contribution in [0.15, 0.2) is 78.0 Å². The first-order valence-electron chi connectivity index (χ1n) is 14.6. The number of hydrogen-bond acceptors (Lipinski definition) is 8. The summed E-state index contributed by atoms with van der Waals surface area (Å²) in [5, 5.41) is 0.785. The Hall–Kier alpha value is -4.09. The molecule has 0 fully saturated rings. The van der Waals surface area contributed by atoms with Gasteiger partial charge in [-0.3, -0.25) is 9.59 Å². The van der Waals surface area contributed by atoms with Crippen molar-refractivity contribution in [1.29, 1.82) is 0 Å². The standard InChI is InChI=1S/C21H24N2O3S.C13H16N2O2S/c1-21(2,3)26-19(24)13-23-17-11-7-6-10-16(17)22-20(23)27-14-15-9-5-8-12-18(15)25-4;1-13(2,3)17-11(16)8-15-10-7-5-4-6-9(10)14-12(15)18/h5-12H,13-14H2,1-4H3;4-7H,8H2,1-3H3,(H,14,18). The number of esters is 2. The van der Waals surface area contributed by atoms with E-state index < -0.39 is 11.2 Å². The molecule has 3 aromatic carbocycles. The molecule has 0 atom stereocenters. The van der Waals surface area contributed by atoms with E-state index in [0.29, 0.717) is 10.5 Å². The Morgan fingerprint density at radius 1 is 0.800 bits per heavy atom. The highest BCUT2D eigenvalue weighted by atomic mass is 32.2. The molecule has 2 aromatic heterocycles. The minimum absolute atomic E-state index is 0.125. The molecule has 5 aromatic rings. The number of fused-ring (bicyclic) bond motifs is 2. The number of nitrogens with zero attached hydrogens (tertiary/aromatic N) is 3. The molecule has 0 unspecified atom stereocenters. The highest BCUT2D eigenvalue weighted by Gasteiger charge is 2.20.